The number of nitrogens with zero attached hydrogens (tertiary/aromatic N) is 2. The molecule has 1 heterocycles. The fourth-order valence-corrected chi connectivity index (χ4v) is 4.06. The van der Waals surface area contributed by atoms with Crippen molar-refractivity contribution in [3.8, 4) is 5.75 Å². The Balaban J connectivity index is 1.91. The molecule has 0 aromatic heterocycles. The second kappa shape index (κ2) is 8.29. The molecule has 152 valence electrons. The molecule has 5 nitrogen and oxygen atoms in total. The molecule has 0 aliphatic carbocycles. The van der Waals surface area contributed by atoms with Crippen LogP contribution in [0.1, 0.15) is 49.2 Å². The number of anilines is 1. The summed E-state index contributed by atoms with van der Waals surface area (Å²) >= 11 is 6.06. The average Bonchev–Trinajstić information content (AvgIpc) is 2.67. The highest BCUT2D eigenvalue weighted by Crippen LogP contribution is 2.41. The van der Waals surface area contributed by atoms with E-state index < -0.39 is 0 Å². The molecule has 0 saturated heterocycles. The molecular formula is C23H26ClN3O2. The lowest BCUT2D eigenvalue weighted by atomic mass is 9.88. The van der Waals surface area contributed by atoms with Crippen LogP contribution in [-0.2, 0) is 0 Å². The molecule has 29 heavy (non-hydrogen) atoms. The number of carbonyl (C=O) groups excluding carboxylic acids is 1. The van der Waals surface area contributed by atoms with Crippen molar-refractivity contribution < 1.29 is 9.53 Å². The molecule has 6 heteroatoms. The number of fused-ring (bicyclic) bond motifs is 1. The summed E-state index contributed by atoms with van der Waals surface area (Å²) in [6, 6.07) is 10.9. The van der Waals surface area contributed by atoms with Crippen LogP contribution in [0.2, 0.25) is 5.02 Å². The Morgan fingerprint density at radius 1 is 1.31 bits per heavy atom. The number of halogens is 1. The normalized spacial score (nSPS) is 15.1. The van der Waals surface area contributed by atoms with Crippen LogP contribution in [0.4, 0.5) is 5.69 Å². The van der Waals surface area contributed by atoms with Gasteiger partial charge in [0.1, 0.15) is 5.75 Å². The lowest BCUT2D eigenvalue weighted by molar-refractivity contribution is 0.0955. The first kappa shape index (κ1) is 20.9. The maximum Gasteiger partial charge on any atom is 0.272 e. The van der Waals surface area contributed by atoms with E-state index in [2.05, 4.69) is 49.2 Å². The van der Waals surface area contributed by atoms with Crippen molar-refractivity contribution >= 4 is 35.0 Å². The maximum atomic E-state index is 12.3. The quantitative estimate of drug-likeness (QED) is 0.547. The van der Waals surface area contributed by atoms with Gasteiger partial charge in [-0.1, -0.05) is 29.8 Å². The first-order valence-electron chi connectivity index (χ1n) is 9.56. The van der Waals surface area contributed by atoms with Gasteiger partial charge in [0.2, 0.25) is 0 Å². The van der Waals surface area contributed by atoms with Gasteiger partial charge in [-0.3, -0.25) is 4.79 Å². The van der Waals surface area contributed by atoms with E-state index in [1.54, 1.807) is 37.6 Å². The van der Waals surface area contributed by atoms with Gasteiger partial charge in [-0.2, -0.15) is 5.10 Å². The van der Waals surface area contributed by atoms with E-state index in [0.29, 0.717) is 16.3 Å². The summed E-state index contributed by atoms with van der Waals surface area (Å²) < 4.78 is 5.60. The third-order valence-electron chi connectivity index (χ3n) is 5.13. The molecule has 0 radical (unpaired) electrons. The molecule has 1 aliphatic heterocycles. The number of rotatable bonds is 5. The first-order valence-corrected chi connectivity index (χ1v) is 9.93. The molecular weight excluding hydrogens is 386 g/mol. The molecule has 0 unspecified atom stereocenters. The van der Waals surface area contributed by atoms with Gasteiger partial charge in [-0.25, -0.2) is 5.43 Å². The standard InChI is InChI=1S/C23H26ClN3O2/c1-6-27-20-12-21(29-5)16(11-18(20)15(2)13-23(27,3)4)14-25-26-22(28)17-9-7-8-10-19(17)24/h7-14H,6H2,1-5H3,(H,26,28)/b25-14-. The van der Waals surface area contributed by atoms with Crippen LogP contribution in [-0.4, -0.2) is 31.3 Å². The van der Waals surface area contributed by atoms with Crippen molar-refractivity contribution in [3.05, 3.63) is 64.2 Å². The Labute approximate surface area is 177 Å². The van der Waals surface area contributed by atoms with Gasteiger partial charge in [0.25, 0.3) is 5.91 Å². The predicted octanol–water partition coefficient (Wildman–Crippen LogP) is 5.13. The number of hydrogen-bond donors (Lipinski definition) is 1. The Kier molecular flexibility index (Phi) is 5.99. The summed E-state index contributed by atoms with van der Waals surface area (Å²) in [7, 11) is 1.63. The van der Waals surface area contributed by atoms with Gasteiger partial charge >= 0.3 is 0 Å². The molecule has 0 fully saturated rings. The topological polar surface area (TPSA) is 53.9 Å². The molecule has 2 aromatic rings. The molecule has 0 atom stereocenters. The Bertz CT molecular complexity index is 996. The number of nitrogens with one attached hydrogen (secondary N) is 1. The second-order valence-corrected chi connectivity index (χ2v) is 7.92. The van der Waals surface area contributed by atoms with E-state index in [0.717, 1.165) is 23.4 Å². The van der Waals surface area contributed by atoms with E-state index in [4.69, 9.17) is 16.3 Å². The number of methoxy groups -OCH3 is 1. The van der Waals surface area contributed by atoms with Gasteiger partial charge in [0.05, 0.1) is 29.4 Å². The number of benzene rings is 2. The molecule has 0 saturated carbocycles. The van der Waals surface area contributed by atoms with E-state index in [1.165, 1.54) is 5.57 Å². The Morgan fingerprint density at radius 3 is 2.69 bits per heavy atom. The minimum absolute atomic E-state index is 0.0740. The maximum absolute atomic E-state index is 12.3. The number of hydrazone groups is 1. The van der Waals surface area contributed by atoms with Gasteiger partial charge in [0, 0.05) is 29.4 Å². The summed E-state index contributed by atoms with van der Waals surface area (Å²) in [6.45, 7) is 9.55. The van der Waals surface area contributed by atoms with Crippen molar-refractivity contribution in [1.82, 2.24) is 5.43 Å². The number of hydrogen-bond acceptors (Lipinski definition) is 4. The van der Waals surface area contributed by atoms with Gasteiger partial charge in [-0.05, 0) is 51.5 Å². The fraction of sp³-hybridized carbons (Fsp3) is 0.304. The second-order valence-electron chi connectivity index (χ2n) is 7.52. The number of allylic oxidation sites excluding steroid dienone is 1. The predicted molar refractivity (Wildman–Crippen MR) is 120 cm³/mol. The number of likely N-dealkylation sites (N-methyl/N-ethyl adjacent to an activating group) is 1. The molecule has 2 aromatic carbocycles. The highest BCUT2D eigenvalue weighted by Gasteiger charge is 2.31. The average molecular weight is 412 g/mol. The summed E-state index contributed by atoms with van der Waals surface area (Å²) in [6.07, 6.45) is 3.86. The van der Waals surface area contributed by atoms with E-state index in [9.17, 15) is 4.79 Å². The molecule has 1 amide bonds. The highest BCUT2D eigenvalue weighted by atomic mass is 35.5. The molecule has 0 bridgehead atoms. The number of amides is 1. The van der Waals surface area contributed by atoms with Crippen LogP contribution < -0.4 is 15.1 Å². The lowest BCUT2D eigenvalue weighted by Crippen LogP contribution is -2.44. The van der Waals surface area contributed by atoms with Crippen molar-refractivity contribution in [2.24, 2.45) is 5.10 Å². The zero-order valence-electron chi connectivity index (χ0n) is 17.4. The third kappa shape index (κ3) is 4.15. The minimum Gasteiger partial charge on any atom is -0.496 e. The number of carbonyl (C=O) groups is 1. The SMILES string of the molecule is CCN1c2cc(OC)c(/C=N\NC(=O)c3ccccc3Cl)cc2C(C)=CC1(C)C. The number of ether oxygens (including phenoxy) is 1. The van der Waals surface area contributed by atoms with Crippen molar-refractivity contribution in [2.45, 2.75) is 33.2 Å². The first-order chi connectivity index (χ1) is 13.8. The molecule has 1 N–H and O–H groups in total. The minimum atomic E-state index is -0.362. The van der Waals surface area contributed by atoms with Crippen LogP contribution >= 0.6 is 11.6 Å². The van der Waals surface area contributed by atoms with Crippen molar-refractivity contribution in [1.29, 1.82) is 0 Å². The summed E-state index contributed by atoms with van der Waals surface area (Å²) in [5.41, 5.74) is 7.08. The largest absolute Gasteiger partial charge is 0.496 e. The monoisotopic (exact) mass is 411 g/mol. The smallest absolute Gasteiger partial charge is 0.272 e. The molecule has 1 aliphatic rings. The van der Waals surface area contributed by atoms with E-state index in [1.807, 2.05) is 12.1 Å². The van der Waals surface area contributed by atoms with Crippen molar-refractivity contribution in [3.63, 3.8) is 0 Å². The fourth-order valence-electron chi connectivity index (χ4n) is 3.84. The van der Waals surface area contributed by atoms with Crippen molar-refractivity contribution in [2.75, 3.05) is 18.6 Å². The third-order valence-corrected chi connectivity index (χ3v) is 5.46. The summed E-state index contributed by atoms with van der Waals surface area (Å²) in [5, 5.41) is 4.50. The van der Waals surface area contributed by atoms with Gasteiger partial charge in [-0.15, -0.1) is 0 Å². The van der Waals surface area contributed by atoms with Crippen LogP contribution in [0, 0.1) is 0 Å². The molecule has 0 spiro atoms. The summed E-state index contributed by atoms with van der Waals surface area (Å²) in [4.78, 5) is 14.6. The van der Waals surface area contributed by atoms with Crippen LogP contribution in [0.3, 0.4) is 0 Å². The Hall–Kier alpha value is -2.79. The van der Waals surface area contributed by atoms with Gasteiger partial charge in [0.15, 0.2) is 0 Å². The van der Waals surface area contributed by atoms with Crippen LogP contribution in [0.15, 0.2) is 47.6 Å². The zero-order chi connectivity index (χ0) is 21.2. The van der Waals surface area contributed by atoms with E-state index >= 15 is 0 Å². The van der Waals surface area contributed by atoms with Crippen LogP contribution in [0.25, 0.3) is 5.57 Å². The highest BCUT2D eigenvalue weighted by molar-refractivity contribution is 6.33. The molecule has 3 rings (SSSR count). The summed E-state index contributed by atoms with van der Waals surface area (Å²) in [5.74, 6) is 0.335. The Morgan fingerprint density at radius 2 is 2.03 bits per heavy atom. The van der Waals surface area contributed by atoms with E-state index in [-0.39, 0.29) is 11.4 Å². The van der Waals surface area contributed by atoms with Crippen LogP contribution in [0.5, 0.6) is 5.75 Å². The van der Waals surface area contributed by atoms with Gasteiger partial charge < -0.3 is 9.64 Å². The lowest BCUT2D eigenvalue weighted by Gasteiger charge is -2.43. The zero-order valence-corrected chi connectivity index (χ0v) is 18.2.